The molecule has 1 nitrogen and oxygen atoms in total. The second kappa shape index (κ2) is 5.42. The zero-order chi connectivity index (χ0) is 12.4. The Bertz CT molecular complexity index is 524. The lowest BCUT2D eigenvalue weighted by atomic mass is 10.2. The standard InChI is InChI=1S/C13H13BrClNS/c1-8-5-6-17-13(8)9(2)16-12-4-3-10(15)7-11(12)14/h3-7,9,16H,1-2H3. The van der Waals surface area contributed by atoms with Crippen LogP contribution in [0.1, 0.15) is 23.4 Å². The summed E-state index contributed by atoms with van der Waals surface area (Å²) in [5, 5.41) is 6.35. The predicted molar refractivity (Wildman–Crippen MR) is 80.2 cm³/mol. The molecular weight excluding hydrogens is 318 g/mol. The Hall–Kier alpha value is -0.510. The fourth-order valence-electron chi connectivity index (χ4n) is 1.73. The van der Waals surface area contributed by atoms with Gasteiger partial charge in [0, 0.05) is 20.1 Å². The predicted octanol–water partition coefficient (Wildman–Crippen LogP) is 5.65. The van der Waals surface area contributed by atoms with Crippen LogP contribution in [-0.2, 0) is 0 Å². The Balaban J connectivity index is 2.19. The monoisotopic (exact) mass is 329 g/mol. The van der Waals surface area contributed by atoms with Gasteiger partial charge >= 0.3 is 0 Å². The van der Waals surface area contributed by atoms with Crippen molar-refractivity contribution in [3.8, 4) is 0 Å². The molecule has 1 heterocycles. The summed E-state index contributed by atoms with van der Waals surface area (Å²) < 4.78 is 0.992. The maximum atomic E-state index is 5.92. The Labute approximate surface area is 119 Å². The molecule has 0 saturated heterocycles. The van der Waals surface area contributed by atoms with Gasteiger partial charge in [-0.2, -0.15) is 0 Å². The number of nitrogens with one attached hydrogen (secondary N) is 1. The maximum absolute atomic E-state index is 5.92. The first-order chi connectivity index (χ1) is 8.08. The molecule has 0 aliphatic heterocycles. The highest BCUT2D eigenvalue weighted by molar-refractivity contribution is 9.10. The molecule has 2 rings (SSSR count). The number of anilines is 1. The van der Waals surface area contributed by atoms with Crippen LogP contribution in [0.5, 0.6) is 0 Å². The van der Waals surface area contributed by atoms with Crippen LogP contribution in [0, 0.1) is 6.92 Å². The first-order valence-corrected chi connectivity index (χ1v) is 7.38. The average Bonchev–Trinajstić information content (AvgIpc) is 2.68. The molecule has 90 valence electrons. The molecule has 0 bridgehead atoms. The summed E-state index contributed by atoms with van der Waals surface area (Å²) in [5.74, 6) is 0. The quantitative estimate of drug-likeness (QED) is 0.767. The minimum Gasteiger partial charge on any atom is -0.377 e. The van der Waals surface area contributed by atoms with Crippen molar-refractivity contribution >= 4 is 44.6 Å². The highest BCUT2D eigenvalue weighted by atomic mass is 79.9. The van der Waals surface area contributed by atoms with Gasteiger partial charge in [0.25, 0.3) is 0 Å². The van der Waals surface area contributed by atoms with Gasteiger partial charge in [0.15, 0.2) is 0 Å². The zero-order valence-electron chi connectivity index (χ0n) is 9.63. The lowest BCUT2D eigenvalue weighted by Crippen LogP contribution is -2.06. The topological polar surface area (TPSA) is 12.0 Å². The molecule has 0 spiro atoms. The molecule has 0 radical (unpaired) electrons. The fraction of sp³-hybridized carbons (Fsp3) is 0.231. The minimum atomic E-state index is 0.299. The van der Waals surface area contributed by atoms with E-state index in [1.165, 1.54) is 10.4 Å². The first kappa shape index (κ1) is 12.9. The number of hydrogen-bond acceptors (Lipinski definition) is 2. The van der Waals surface area contributed by atoms with E-state index in [1.54, 1.807) is 11.3 Å². The van der Waals surface area contributed by atoms with Gasteiger partial charge in [0.05, 0.1) is 6.04 Å². The number of benzene rings is 1. The van der Waals surface area contributed by atoms with Crippen molar-refractivity contribution in [1.29, 1.82) is 0 Å². The number of halogens is 2. The third kappa shape index (κ3) is 3.03. The normalized spacial score (nSPS) is 12.5. The van der Waals surface area contributed by atoms with Gasteiger partial charge < -0.3 is 5.32 Å². The molecular formula is C13H13BrClNS. The lowest BCUT2D eigenvalue weighted by Gasteiger charge is -2.16. The largest absolute Gasteiger partial charge is 0.377 e. The first-order valence-electron chi connectivity index (χ1n) is 5.33. The molecule has 0 fully saturated rings. The van der Waals surface area contributed by atoms with E-state index in [9.17, 15) is 0 Å². The lowest BCUT2D eigenvalue weighted by molar-refractivity contribution is 0.898. The van der Waals surface area contributed by atoms with Crippen LogP contribution in [0.25, 0.3) is 0 Å². The SMILES string of the molecule is Cc1ccsc1C(C)Nc1ccc(Cl)cc1Br. The highest BCUT2D eigenvalue weighted by Gasteiger charge is 2.11. The van der Waals surface area contributed by atoms with Crippen LogP contribution >= 0.6 is 38.9 Å². The van der Waals surface area contributed by atoms with E-state index in [-0.39, 0.29) is 0 Å². The maximum Gasteiger partial charge on any atom is 0.0581 e. The number of hydrogen-bond donors (Lipinski definition) is 1. The van der Waals surface area contributed by atoms with E-state index in [0.29, 0.717) is 6.04 Å². The highest BCUT2D eigenvalue weighted by Crippen LogP contribution is 2.31. The van der Waals surface area contributed by atoms with Crippen LogP contribution in [0.3, 0.4) is 0 Å². The third-order valence-corrected chi connectivity index (χ3v) is 4.69. The molecule has 1 N–H and O–H groups in total. The molecule has 0 aliphatic rings. The Morgan fingerprint density at radius 3 is 2.71 bits per heavy atom. The number of thiophene rings is 1. The summed E-state index contributed by atoms with van der Waals surface area (Å²) in [6, 6.07) is 8.23. The van der Waals surface area contributed by atoms with Crippen LogP contribution in [-0.4, -0.2) is 0 Å². The van der Waals surface area contributed by atoms with Crippen molar-refractivity contribution in [2.75, 3.05) is 5.32 Å². The third-order valence-electron chi connectivity index (χ3n) is 2.60. The van der Waals surface area contributed by atoms with E-state index in [1.807, 2.05) is 18.2 Å². The molecule has 17 heavy (non-hydrogen) atoms. The van der Waals surface area contributed by atoms with Crippen molar-refractivity contribution in [2.45, 2.75) is 19.9 Å². The summed E-state index contributed by atoms with van der Waals surface area (Å²) in [5.41, 5.74) is 2.40. The second-order valence-electron chi connectivity index (χ2n) is 3.96. The summed E-state index contributed by atoms with van der Waals surface area (Å²) in [4.78, 5) is 1.37. The van der Waals surface area contributed by atoms with E-state index < -0.39 is 0 Å². The Morgan fingerprint density at radius 1 is 1.35 bits per heavy atom. The molecule has 1 aromatic heterocycles. The minimum absolute atomic E-state index is 0.299. The van der Waals surface area contributed by atoms with E-state index in [0.717, 1.165) is 15.2 Å². The second-order valence-corrected chi connectivity index (χ2v) is 6.20. The van der Waals surface area contributed by atoms with E-state index >= 15 is 0 Å². The summed E-state index contributed by atoms with van der Waals surface area (Å²) >= 11 is 11.2. The van der Waals surface area contributed by atoms with Crippen LogP contribution in [0.15, 0.2) is 34.1 Å². The Kier molecular flexibility index (Phi) is 4.13. The Morgan fingerprint density at radius 2 is 2.12 bits per heavy atom. The summed E-state index contributed by atoms with van der Waals surface area (Å²) in [6.07, 6.45) is 0. The molecule has 2 aromatic rings. The van der Waals surface area contributed by atoms with Crippen LogP contribution in [0.2, 0.25) is 5.02 Å². The summed E-state index contributed by atoms with van der Waals surface area (Å²) in [6.45, 7) is 4.31. The van der Waals surface area contributed by atoms with Crippen molar-refractivity contribution in [2.24, 2.45) is 0 Å². The van der Waals surface area contributed by atoms with Gasteiger partial charge in [0.1, 0.15) is 0 Å². The van der Waals surface area contributed by atoms with Gasteiger partial charge in [-0.3, -0.25) is 0 Å². The van der Waals surface area contributed by atoms with Gasteiger partial charge in [-0.25, -0.2) is 0 Å². The van der Waals surface area contributed by atoms with Gasteiger partial charge in [0.2, 0.25) is 0 Å². The molecule has 0 saturated carbocycles. The van der Waals surface area contributed by atoms with E-state index in [4.69, 9.17) is 11.6 Å². The van der Waals surface area contributed by atoms with Crippen molar-refractivity contribution in [3.05, 3.63) is 49.6 Å². The fourth-order valence-corrected chi connectivity index (χ4v) is 3.47. The van der Waals surface area contributed by atoms with Gasteiger partial charge in [-0.05, 0) is 65.0 Å². The van der Waals surface area contributed by atoms with Crippen LogP contribution in [0.4, 0.5) is 5.69 Å². The molecule has 1 atom stereocenters. The zero-order valence-corrected chi connectivity index (χ0v) is 12.8. The van der Waals surface area contributed by atoms with E-state index in [2.05, 4.69) is 46.5 Å². The summed E-state index contributed by atoms with van der Waals surface area (Å²) in [7, 11) is 0. The smallest absolute Gasteiger partial charge is 0.0581 e. The average molecular weight is 331 g/mol. The van der Waals surface area contributed by atoms with Gasteiger partial charge in [-0.1, -0.05) is 11.6 Å². The number of rotatable bonds is 3. The molecule has 4 heteroatoms. The van der Waals surface area contributed by atoms with Crippen LogP contribution < -0.4 is 5.32 Å². The molecule has 1 aromatic carbocycles. The molecule has 0 amide bonds. The number of aryl methyl sites for hydroxylation is 1. The van der Waals surface area contributed by atoms with Crippen molar-refractivity contribution in [3.63, 3.8) is 0 Å². The van der Waals surface area contributed by atoms with Crippen molar-refractivity contribution in [1.82, 2.24) is 0 Å². The van der Waals surface area contributed by atoms with Crippen molar-refractivity contribution < 1.29 is 0 Å². The molecule has 1 unspecified atom stereocenters. The van der Waals surface area contributed by atoms with Gasteiger partial charge in [-0.15, -0.1) is 11.3 Å². The molecule has 0 aliphatic carbocycles.